The minimum absolute atomic E-state index is 0.142. The third-order valence-corrected chi connectivity index (χ3v) is 2.39. The molecule has 2 N–H and O–H groups in total. The molecule has 0 saturated carbocycles. The molecule has 2 rings (SSSR count). The van der Waals surface area contributed by atoms with Crippen LogP contribution >= 0.6 is 0 Å². The van der Waals surface area contributed by atoms with Gasteiger partial charge in [0, 0.05) is 18.5 Å². The summed E-state index contributed by atoms with van der Waals surface area (Å²) in [4.78, 5) is 4.37. The van der Waals surface area contributed by atoms with Crippen molar-refractivity contribution in [2.45, 2.75) is 12.8 Å². The Morgan fingerprint density at radius 2 is 2.33 bits per heavy atom. The summed E-state index contributed by atoms with van der Waals surface area (Å²) in [5, 5.41) is 0. The molecule has 0 aliphatic heterocycles. The summed E-state index contributed by atoms with van der Waals surface area (Å²) in [6.45, 7) is 2.52. The Balaban J connectivity index is 2.46. The number of benzene rings is 1. The third-order valence-electron chi connectivity index (χ3n) is 2.39. The first-order valence-electron chi connectivity index (χ1n) is 4.89. The first-order valence-corrected chi connectivity index (χ1v) is 4.89. The smallest absolute Gasteiger partial charge is 0.199 e. The van der Waals surface area contributed by atoms with Crippen LogP contribution in [0, 0.1) is 0 Å². The summed E-state index contributed by atoms with van der Waals surface area (Å²) in [6, 6.07) is 5.56. The van der Waals surface area contributed by atoms with E-state index in [1.807, 2.05) is 25.1 Å². The lowest BCUT2D eigenvalue weighted by Crippen LogP contribution is -2.08. The molecule has 0 radical (unpaired) electrons. The van der Waals surface area contributed by atoms with E-state index in [0.29, 0.717) is 12.4 Å². The Hall–Kier alpha value is -1.55. The van der Waals surface area contributed by atoms with Gasteiger partial charge in [-0.1, -0.05) is 6.92 Å². The molecule has 0 fully saturated rings. The highest BCUT2D eigenvalue weighted by Gasteiger charge is 2.12. The Labute approximate surface area is 88.0 Å². The first kappa shape index (κ1) is 9.98. The number of aromatic nitrogens is 1. The van der Waals surface area contributed by atoms with Crippen LogP contribution in [0.15, 0.2) is 22.6 Å². The average molecular weight is 206 g/mol. The molecule has 15 heavy (non-hydrogen) atoms. The van der Waals surface area contributed by atoms with Crippen molar-refractivity contribution in [1.82, 2.24) is 4.98 Å². The molecule has 1 aromatic carbocycles. The van der Waals surface area contributed by atoms with Crippen LogP contribution in [-0.2, 0) is 0 Å². The zero-order valence-electron chi connectivity index (χ0n) is 8.86. The Morgan fingerprint density at radius 1 is 1.53 bits per heavy atom. The van der Waals surface area contributed by atoms with Gasteiger partial charge in [-0.15, -0.1) is 0 Å². The fourth-order valence-electron chi connectivity index (χ4n) is 1.36. The maximum absolute atomic E-state index is 5.57. The second-order valence-electron chi connectivity index (χ2n) is 3.52. The van der Waals surface area contributed by atoms with E-state index in [0.717, 1.165) is 16.8 Å². The Kier molecular flexibility index (Phi) is 2.60. The lowest BCUT2D eigenvalue weighted by molar-refractivity contribution is 0.415. The van der Waals surface area contributed by atoms with Crippen LogP contribution in [0.25, 0.3) is 11.1 Å². The average Bonchev–Trinajstić information content (AvgIpc) is 2.70. The number of hydrogen-bond acceptors (Lipinski definition) is 4. The van der Waals surface area contributed by atoms with E-state index in [2.05, 4.69) is 4.98 Å². The molecular weight excluding hydrogens is 192 g/mol. The molecule has 0 aliphatic rings. The predicted molar refractivity (Wildman–Crippen MR) is 58.0 cm³/mol. The molecule has 4 heteroatoms. The highest BCUT2D eigenvalue weighted by molar-refractivity contribution is 5.74. The molecule has 1 atom stereocenters. The van der Waals surface area contributed by atoms with Gasteiger partial charge in [0.25, 0.3) is 0 Å². The zero-order chi connectivity index (χ0) is 10.8. The van der Waals surface area contributed by atoms with Gasteiger partial charge >= 0.3 is 0 Å². The third kappa shape index (κ3) is 1.80. The number of nitrogens with two attached hydrogens (primary N) is 1. The first-order chi connectivity index (χ1) is 7.24. The summed E-state index contributed by atoms with van der Waals surface area (Å²) in [6.07, 6.45) is 0. The van der Waals surface area contributed by atoms with E-state index < -0.39 is 0 Å². The number of methoxy groups -OCH3 is 1. The van der Waals surface area contributed by atoms with Gasteiger partial charge in [-0.3, -0.25) is 0 Å². The minimum atomic E-state index is 0.142. The molecule has 0 aliphatic carbocycles. The minimum Gasteiger partial charge on any atom is -0.497 e. The van der Waals surface area contributed by atoms with Crippen molar-refractivity contribution in [3.63, 3.8) is 0 Å². The fraction of sp³-hybridized carbons (Fsp3) is 0.364. The highest BCUT2D eigenvalue weighted by Crippen LogP contribution is 2.24. The molecule has 0 saturated heterocycles. The van der Waals surface area contributed by atoms with Crippen molar-refractivity contribution < 1.29 is 9.15 Å². The molecule has 1 unspecified atom stereocenters. The van der Waals surface area contributed by atoms with Crippen LogP contribution in [0.3, 0.4) is 0 Å². The van der Waals surface area contributed by atoms with E-state index in [1.165, 1.54) is 0 Å². The van der Waals surface area contributed by atoms with Crippen LogP contribution in [-0.4, -0.2) is 18.6 Å². The lowest BCUT2D eigenvalue weighted by atomic mass is 10.2. The number of oxazole rings is 1. The van der Waals surface area contributed by atoms with Crippen molar-refractivity contribution in [3.05, 3.63) is 24.1 Å². The van der Waals surface area contributed by atoms with E-state index in [9.17, 15) is 0 Å². The van der Waals surface area contributed by atoms with Gasteiger partial charge in [-0.05, 0) is 12.1 Å². The largest absolute Gasteiger partial charge is 0.497 e. The maximum atomic E-state index is 5.57. The van der Waals surface area contributed by atoms with Gasteiger partial charge in [-0.2, -0.15) is 0 Å². The van der Waals surface area contributed by atoms with Crippen LogP contribution in [0.2, 0.25) is 0 Å². The number of nitrogens with zero attached hydrogens (tertiary/aromatic N) is 1. The van der Waals surface area contributed by atoms with Crippen molar-refractivity contribution in [2.75, 3.05) is 13.7 Å². The molecule has 1 heterocycles. The van der Waals surface area contributed by atoms with Crippen molar-refractivity contribution in [3.8, 4) is 5.75 Å². The van der Waals surface area contributed by atoms with Crippen molar-refractivity contribution in [1.29, 1.82) is 0 Å². The topological polar surface area (TPSA) is 61.3 Å². The normalized spacial score (nSPS) is 13.0. The van der Waals surface area contributed by atoms with Crippen molar-refractivity contribution >= 4 is 11.1 Å². The van der Waals surface area contributed by atoms with Crippen LogP contribution in [0.4, 0.5) is 0 Å². The van der Waals surface area contributed by atoms with E-state index in [4.69, 9.17) is 14.9 Å². The Bertz CT molecular complexity index is 465. The van der Waals surface area contributed by atoms with Gasteiger partial charge in [-0.25, -0.2) is 4.98 Å². The van der Waals surface area contributed by atoms with Gasteiger partial charge < -0.3 is 14.9 Å². The van der Waals surface area contributed by atoms with Crippen LogP contribution < -0.4 is 10.5 Å². The van der Waals surface area contributed by atoms with Crippen molar-refractivity contribution in [2.24, 2.45) is 5.73 Å². The van der Waals surface area contributed by atoms with Gasteiger partial charge in [0.2, 0.25) is 0 Å². The monoisotopic (exact) mass is 206 g/mol. The SMILES string of the molecule is COc1ccc2oc(C(C)CN)nc2c1. The molecule has 0 spiro atoms. The summed E-state index contributed by atoms with van der Waals surface area (Å²) in [5.74, 6) is 1.60. The maximum Gasteiger partial charge on any atom is 0.199 e. The van der Waals surface area contributed by atoms with Crippen LogP contribution in [0.1, 0.15) is 18.7 Å². The zero-order valence-corrected chi connectivity index (χ0v) is 8.86. The highest BCUT2D eigenvalue weighted by atomic mass is 16.5. The quantitative estimate of drug-likeness (QED) is 0.833. The fourth-order valence-corrected chi connectivity index (χ4v) is 1.36. The summed E-state index contributed by atoms with van der Waals surface area (Å²) in [7, 11) is 1.63. The second kappa shape index (κ2) is 3.90. The standard InChI is InChI=1S/C11H14N2O2/c1-7(6-12)11-13-9-5-8(14-2)3-4-10(9)15-11/h3-5,7H,6,12H2,1-2H3. The number of hydrogen-bond donors (Lipinski definition) is 1. The number of fused-ring (bicyclic) bond motifs is 1. The predicted octanol–water partition coefficient (Wildman–Crippen LogP) is 1.90. The number of rotatable bonds is 3. The lowest BCUT2D eigenvalue weighted by Gasteiger charge is -1.99. The Morgan fingerprint density at radius 3 is 3.00 bits per heavy atom. The summed E-state index contributed by atoms with van der Waals surface area (Å²) < 4.78 is 10.7. The molecular formula is C11H14N2O2. The molecule has 1 aromatic heterocycles. The van der Waals surface area contributed by atoms with E-state index in [-0.39, 0.29) is 5.92 Å². The molecule has 0 bridgehead atoms. The molecule has 80 valence electrons. The molecule has 0 amide bonds. The van der Waals surface area contributed by atoms with Gasteiger partial charge in [0.1, 0.15) is 11.3 Å². The molecule has 2 aromatic rings. The van der Waals surface area contributed by atoms with E-state index in [1.54, 1.807) is 7.11 Å². The van der Waals surface area contributed by atoms with Crippen LogP contribution in [0.5, 0.6) is 5.75 Å². The second-order valence-corrected chi connectivity index (χ2v) is 3.52. The molecule has 4 nitrogen and oxygen atoms in total. The summed E-state index contributed by atoms with van der Waals surface area (Å²) >= 11 is 0. The van der Waals surface area contributed by atoms with E-state index >= 15 is 0 Å². The number of ether oxygens (including phenoxy) is 1. The van der Waals surface area contributed by atoms with Gasteiger partial charge in [0.05, 0.1) is 7.11 Å². The van der Waals surface area contributed by atoms with Gasteiger partial charge in [0.15, 0.2) is 11.5 Å². The summed E-state index contributed by atoms with van der Waals surface area (Å²) in [5.41, 5.74) is 7.14.